The van der Waals surface area contributed by atoms with Crippen LogP contribution in [0, 0.1) is 0 Å². The Balaban J connectivity index is 1.74. The van der Waals surface area contributed by atoms with E-state index in [1.165, 1.54) is 22.2 Å². The summed E-state index contributed by atoms with van der Waals surface area (Å²) < 4.78 is 8.34. The van der Waals surface area contributed by atoms with Crippen molar-refractivity contribution in [3.05, 3.63) is 59.8 Å². The van der Waals surface area contributed by atoms with E-state index in [-0.39, 0.29) is 0 Å². The zero-order chi connectivity index (χ0) is 15.8. The number of ether oxygens (including phenoxy) is 1. The summed E-state index contributed by atoms with van der Waals surface area (Å²) in [5.41, 5.74) is 4.26. The Morgan fingerprint density at radius 1 is 0.870 bits per heavy atom. The van der Waals surface area contributed by atoms with Crippen LogP contribution in [0.2, 0.25) is 0 Å². The zero-order valence-corrected chi connectivity index (χ0v) is 13.7. The molecule has 1 aromatic heterocycles. The van der Waals surface area contributed by atoms with Crippen molar-refractivity contribution in [2.75, 3.05) is 20.1 Å². The van der Waals surface area contributed by atoms with Gasteiger partial charge in [0.05, 0.1) is 5.52 Å². The van der Waals surface area contributed by atoms with E-state index in [0.29, 0.717) is 0 Å². The van der Waals surface area contributed by atoms with Crippen molar-refractivity contribution in [2.45, 2.75) is 12.8 Å². The molecule has 0 atom stereocenters. The first kappa shape index (κ1) is 14.3. The van der Waals surface area contributed by atoms with E-state index in [1.54, 1.807) is 0 Å². The standard InChI is InChI=1S/C20H22N2O/c1-21-12-10-18-17-9-8-16(23-15-6-4-3-5-7-15)14-20(17)22(2)19(18)11-13-21/h3-9,14H,10-13H2,1-2H3. The quantitative estimate of drug-likeness (QED) is 0.712. The smallest absolute Gasteiger partial charge is 0.129 e. The normalized spacial score (nSPS) is 15.4. The van der Waals surface area contributed by atoms with E-state index in [0.717, 1.165) is 37.4 Å². The molecular weight excluding hydrogens is 284 g/mol. The summed E-state index contributed by atoms with van der Waals surface area (Å²) >= 11 is 0. The number of likely N-dealkylation sites (N-methyl/N-ethyl adjacent to an activating group) is 1. The largest absolute Gasteiger partial charge is 0.457 e. The van der Waals surface area contributed by atoms with E-state index in [2.05, 4.69) is 41.8 Å². The molecule has 2 aromatic carbocycles. The maximum Gasteiger partial charge on any atom is 0.129 e. The molecular formula is C20H22N2O. The topological polar surface area (TPSA) is 17.4 Å². The highest BCUT2D eigenvalue weighted by molar-refractivity contribution is 5.87. The molecule has 0 unspecified atom stereocenters. The number of rotatable bonds is 2. The van der Waals surface area contributed by atoms with E-state index in [1.807, 2.05) is 30.3 Å². The van der Waals surface area contributed by atoms with Crippen LogP contribution in [0.1, 0.15) is 11.3 Å². The summed E-state index contributed by atoms with van der Waals surface area (Å²) in [4.78, 5) is 2.42. The van der Waals surface area contributed by atoms with E-state index < -0.39 is 0 Å². The number of benzene rings is 2. The minimum Gasteiger partial charge on any atom is -0.457 e. The van der Waals surface area contributed by atoms with Gasteiger partial charge in [-0.1, -0.05) is 18.2 Å². The molecule has 0 spiro atoms. The lowest BCUT2D eigenvalue weighted by Gasteiger charge is -2.12. The van der Waals surface area contributed by atoms with Crippen molar-refractivity contribution < 1.29 is 4.74 Å². The molecule has 0 saturated carbocycles. The first-order valence-corrected chi connectivity index (χ1v) is 8.24. The Bertz CT molecular complexity index is 836. The lowest BCUT2D eigenvalue weighted by atomic mass is 10.1. The van der Waals surface area contributed by atoms with Gasteiger partial charge in [-0.15, -0.1) is 0 Å². The van der Waals surface area contributed by atoms with Crippen molar-refractivity contribution in [1.82, 2.24) is 9.47 Å². The molecule has 23 heavy (non-hydrogen) atoms. The number of para-hydroxylation sites is 1. The molecule has 1 aliphatic heterocycles. The molecule has 3 aromatic rings. The van der Waals surface area contributed by atoms with Crippen LogP contribution in [0.3, 0.4) is 0 Å². The third kappa shape index (κ3) is 2.62. The van der Waals surface area contributed by atoms with E-state index in [4.69, 9.17) is 4.74 Å². The van der Waals surface area contributed by atoms with Gasteiger partial charge in [-0.3, -0.25) is 0 Å². The van der Waals surface area contributed by atoms with E-state index in [9.17, 15) is 0 Å². The predicted octanol–water partition coefficient (Wildman–Crippen LogP) is 4.00. The first-order valence-electron chi connectivity index (χ1n) is 8.24. The Hall–Kier alpha value is -2.26. The van der Waals surface area contributed by atoms with Crippen molar-refractivity contribution in [3.63, 3.8) is 0 Å². The van der Waals surface area contributed by atoms with Gasteiger partial charge in [-0.05, 0) is 43.3 Å². The first-order chi connectivity index (χ1) is 11.2. The van der Waals surface area contributed by atoms with Crippen LogP contribution in [0.25, 0.3) is 10.9 Å². The maximum absolute atomic E-state index is 5.99. The summed E-state index contributed by atoms with van der Waals surface area (Å²) in [5, 5.41) is 1.37. The third-order valence-corrected chi connectivity index (χ3v) is 4.86. The van der Waals surface area contributed by atoms with Crippen molar-refractivity contribution >= 4 is 10.9 Å². The molecule has 0 fully saturated rings. The minimum atomic E-state index is 0.879. The Labute approximate surface area is 137 Å². The second-order valence-electron chi connectivity index (χ2n) is 6.38. The van der Waals surface area contributed by atoms with Crippen molar-refractivity contribution in [3.8, 4) is 11.5 Å². The molecule has 3 heteroatoms. The second-order valence-corrected chi connectivity index (χ2v) is 6.38. The molecule has 1 aliphatic rings. The zero-order valence-electron chi connectivity index (χ0n) is 13.7. The van der Waals surface area contributed by atoms with Gasteiger partial charge in [0, 0.05) is 43.7 Å². The Kier molecular flexibility index (Phi) is 3.58. The van der Waals surface area contributed by atoms with Crippen molar-refractivity contribution in [2.24, 2.45) is 7.05 Å². The molecule has 3 nitrogen and oxygen atoms in total. The number of fused-ring (bicyclic) bond motifs is 3. The Morgan fingerprint density at radius 3 is 2.48 bits per heavy atom. The molecule has 0 aliphatic carbocycles. The summed E-state index contributed by atoms with van der Waals surface area (Å²) in [7, 11) is 4.39. The number of aromatic nitrogens is 1. The Morgan fingerprint density at radius 2 is 1.65 bits per heavy atom. The van der Waals surface area contributed by atoms with Gasteiger partial charge in [-0.2, -0.15) is 0 Å². The summed E-state index contributed by atoms with van der Waals surface area (Å²) in [6, 6.07) is 16.4. The third-order valence-electron chi connectivity index (χ3n) is 4.86. The lowest BCUT2D eigenvalue weighted by Crippen LogP contribution is -2.21. The van der Waals surface area contributed by atoms with Gasteiger partial charge in [-0.25, -0.2) is 0 Å². The van der Waals surface area contributed by atoms with Gasteiger partial charge in [0.1, 0.15) is 11.5 Å². The highest BCUT2D eigenvalue weighted by atomic mass is 16.5. The minimum absolute atomic E-state index is 0.879. The number of hydrogen-bond donors (Lipinski definition) is 0. The van der Waals surface area contributed by atoms with Crippen molar-refractivity contribution in [1.29, 1.82) is 0 Å². The highest BCUT2D eigenvalue weighted by Gasteiger charge is 2.19. The van der Waals surface area contributed by atoms with E-state index >= 15 is 0 Å². The molecule has 2 heterocycles. The molecule has 0 N–H and O–H groups in total. The summed E-state index contributed by atoms with van der Waals surface area (Å²) in [5.74, 6) is 1.78. The van der Waals surface area contributed by atoms with Crippen LogP contribution in [0.5, 0.6) is 11.5 Å². The van der Waals surface area contributed by atoms with Gasteiger partial charge in [0.2, 0.25) is 0 Å². The summed E-state index contributed by atoms with van der Waals surface area (Å²) in [6.45, 7) is 2.26. The maximum atomic E-state index is 5.99. The van der Waals surface area contributed by atoms with Crippen LogP contribution in [0.15, 0.2) is 48.5 Å². The van der Waals surface area contributed by atoms with Crippen LogP contribution in [0.4, 0.5) is 0 Å². The van der Waals surface area contributed by atoms with Crippen LogP contribution in [-0.4, -0.2) is 29.6 Å². The molecule has 0 amide bonds. The average molecular weight is 306 g/mol. The fraction of sp³-hybridized carbons (Fsp3) is 0.300. The fourth-order valence-electron chi connectivity index (χ4n) is 3.54. The highest BCUT2D eigenvalue weighted by Crippen LogP contribution is 2.32. The molecule has 118 valence electrons. The lowest BCUT2D eigenvalue weighted by molar-refractivity contribution is 0.351. The van der Waals surface area contributed by atoms with Crippen LogP contribution in [-0.2, 0) is 19.9 Å². The van der Waals surface area contributed by atoms with Gasteiger partial charge in [0.15, 0.2) is 0 Å². The van der Waals surface area contributed by atoms with Gasteiger partial charge in [0.25, 0.3) is 0 Å². The van der Waals surface area contributed by atoms with Gasteiger partial charge >= 0.3 is 0 Å². The molecule has 0 saturated heterocycles. The number of hydrogen-bond acceptors (Lipinski definition) is 2. The average Bonchev–Trinajstić information content (AvgIpc) is 2.70. The summed E-state index contributed by atoms with van der Waals surface area (Å²) in [6.07, 6.45) is 2.24. The second kappa shape index (κ2) is 5.74. The molecule has 0 radical (unpaired) electrons. The monoisotopic (exact) mass is 306 g/mol. The number of nitrogens with zero attached hydrogens (tertiary/aromatic N) is 2. The SMILES string of the molecule is CN1CCc2c(n(C)c3cc(Oc4ccccc4)ccc23)CC1. The number of aryl methyl sites for hydroxylation is 1. The predicted molar refractivity (Wildman–Crippen MR) is 94.3 cm³/mol. The van der Waals surface area contributed by atoms with Crippen LogP contribution >= 0.6 is 0 Å². The van der Waals surface area contributed by atoms with Gasteiger partial charge < -0.3 is 14.2 Å². The van der Waals surface area contributed by atoms with Crippen LogP contribution < -0.4 is 4.74 Å². The molecule has 4 rings (SSSR count). The fourth-order valence-corrected chi connectivity index (χ4v) is 3.54. The molecule has 0 bridgehead atoms.